The number of carbonyl (C=O) groups excluding carboxylic acids is 2. The lowest BCUT2D eigenvalue weighted by atomic mass is 9.53. The van der Waals surface area contributed by atoms with Crippen LogP contribution in [0.4, 0.5) is 4.79 Å². The van der Waals surface area contributed by atoms with Crippen LogP contribution in [0.15, 0.2) is 24.3 Å². The molecule has 1 heterocycles. The van der Waals surface area contributed by atoms with Gasteiger partial charge in [-0.05, 0) is 73.0 Å². The predicted molar refractivity (Wildman–Crippen MR) is 115 cm³/mol. The SMILES string of the molecule is CC(C)c1ccc(-c2nnn(CC(=O)NC(=O)NC34CC5CC(CC(C5)C3)C4)n2)cc1. The van der Waals surface area contributed by atoms with Crippen molar-refractivity contribution in [2.75, 3.05) is 0 Å². The lowest BCUT2D eigenvalue weighted by Gasteiger charge is -2.56. The van der Waals surface area contributed by atoms with E-state index in [1.165, 1.54) is 29.6 Å². The molecule has 4 saturated carbocycles. The highest BCUT2D eigenvalue weighted by Gasteiger charge is 2.51. The number of aromatic nitrogens is 4. The lowest BCUT2D eigenvalue weighted by Crippen LogP contribution is -2.62. The van der Waals surface area contributed by atoms with Gasteiger partial charge in [0.15, 0.2) is 0 Å². The van der Waals surface area contributed by atoms with E-state index in [0.29, 0.717) is 11.7 Å². The van der Waals surface area contributed by atoms with Crippen molar-refractivity contribution in [2.45, 2.75) is 70.4 Å². The number of hydrogen-bond acceptors (Lipinski definition) is 5. The van der Waals surface area contributed by atoms with Crippen LogP contribution in [0.3, 0.4) is 0 Å². The summed E-state index contributed by atoms with van der Waals surface area (Å²) >= 11 is 0. The Balaban J connectivity index is 1.16. The van der Waals surface area contributed by atoms with E-state index in [0.717, 1.165) is 42.6 Å². The monoisotopic (exact) mass is 422 g/mol. The summed E-state index contributed by atoms with van der Waals surface area (Å²) in [5, 5.41) is 17.9. The van der Waals surface area contributed by atoms with Crippen molar-refractivity contribution < 1.29 is 9.59 Å². The maximum absolute atomic E-state index is 12.5. The number of amides is 3. The van der Waals surface area contributed by atoms with Crippen molar-refractivity contribution in [1.29, 1.82) is 0 Å². The standard InChI is InChI=1S/C23H30N6O2/c1-14(2)18-3-5-19(6-4-18)21-26-28-29(27-21)13-20(30)24-22(31)25-23-10-15-7-16(11-23)9-17(8-15)12-23/h3-6,14-17H,7-13H2,1-2H3,(H2,24,25,30,31). The van der Waals surface area contributed by atoms with E-state index in [4.69, 9.17) is 0 Å². The normalized spacial score (nSPS) is 28.7. The number of nitrogens with zero attached hydrogens (tertiary/aromatic N) is 4. The molecule has 0 unspecified atom stereocenters. The van der Waals surface area contributed by atoms with Crippen LogP contribution in [0.25, 0.3) is 11.4 Å². The summed E-state index contributed by atoms with van der Waals surface area (Å²) in [5.41, 5.74) is 1.95. The molecule has 1 aromatic carbocycles. The number of nitrogens with one attached hydrogen (secondary N) is 2. The van der Waals surface area contributed by atoms with E-state index in [2.05, 4.69) is 39.9 Å². The zero-order chi connectivity index (χ0) is 21.6. The van der Waals surface area contributed by atoms with Gasteiger partial charge < -0.3 is 5.32 Å². The van der Waals surface area contributed by atoms with Crippen LogP contribution in [0.1, 0.15) is 63.9 Å². The van der Waals surface area contributed by atoms with Gasteiger partial charge in [-0.3, -0.25) is 10.1 Å². The molecule has 31 heavy (non-hydrogen) atoms. The Hall–Kier alpha value is -2.77. The average Bonchev–Trinajstić information content (AvgIpc) is 3.14. The van der Waals surface area contributed by atoms with Gasteiger partial charge in [-0.25, -0.2) is 4.79 Å². The maximum Gasteiger partial charge on any atom is 0.321 e. The molecule has 0 radical (unpaired) electrons. The topological polar surface area (TPSA) is 102 Å². The summed E-state index contributed by atoms with van der Waals surface area (Å²) < 4.78 is 0. The first-order valence-corrected chi connectivity index (χ1v) is 11.4. The second-order valence-corrected chi connectivity index (χ2v) is 10.1. The highest BCUT2D eigenvalue weighted by Crippen LogP contribution is 2.55. The molecule has 3 amide bonds. The van der Waals surface area contributed by atoms with E-state index in [1.807, 2.05) is 24.3 Å². The third-order valence-corrected chi connectivity index (χ3v) is 7.24. The van der Waals surface area contributed by atoms with E-state index >= 15 is 0 Å². The van der Waals surface area contributed by atoms with Crippen molar-refractivity contribution in [3.05, 3.63) is 29.8 Å². The molecule has 0 aliphatic heterocycles. The molecular formula is C23H30N6O2. The van der Waals surface area contributed by atoms with Crippen molar-refractivity contribution in [3.63, 3.8) is 0 Å². The fourth-order valence-electron chi connectivity index (χ4n) is 6.27. The number of imide groups is 1. The van der Waals surface area contributed by atoms with Crippen LogP contribution in [-0.4, -0.2) is 37.7 Å². The molecule has 6 rings (SSSR count). The Morgan fingerprint density at radius 1 is 1.06 bits per heavy atom. The van der Waals surface area contributed by atoms with E-state index < -0.39 is 11.9 Å². The first-order valence-electron chi connectivity index (χ1n) is 11.4. The summed E-state index contributed by atoms with van der Waals surface area (Å²) in [6.07, 6.45) is 7.06. The number of carbonyl (C=O) groups is 2. The van der Waals surface area contributed by atoms with Gasteiger partial charge in [0.05, 0.1) is 0 Å². The number of tetrazole rings is 1. The molecular weight excluding hydrogens is 392 g/mol. The zero-order valence-corrected chi connectivity index (χ0v) is 18.2. The van der Waals surface area contributed by atoms with Crippen molar-refractivity contribution >= 4 is 11.9 Å². The molecule has 1 aromatic heterocycles. The second-order valence-electron chi connectivity index (χ2n) is 10.1. The van der Waals surface area contributed by atoms with Crippen LogP contribution in [0.2, 0.25) is 0 Å². The molecule has 2 aromatic rings. The van der Waals surface area contributed by atoms with Crippen molar-refractivity contribution in [3.8, 4) is 11.4 Å². The summed E-state index contributed by atoms with van der Waals surface area (Å²) in [5.74, 6) is 2.66. The number of hydrogen-bond donors (Lipinski definition) is 2. The zero-order valence-electron chi connectivity index (χ0n) is 18.2. The van der Waals surface area contributed by atoms with Gasteiger partial charge >= 0.3 is 6.03 Å². The molecule has 4 fully saturated rings. The van der Waals surface area contributed by atoms with Crippen molar-refractivity contribution in [1.82, 2.24) is 30.8 Å². The summed E-state index contributed by atoms with van der Waals surface area (Å²) in [4.78, 5) is 26.1. The van der Waals surface area contributed by atoms with Crippen LogP contribution in [-0.2, 0) is 11.3 Å². The minimum absolute atomic E-state index is 0.125. The third kappa shape index (κ3) is 4.20. The van der Waals surface area contributed by atoms with Gasteiger partial charge in [-0.1, -0.05) is 38.1 Å². The second kappa shape index (κ2) is 7.73. The van der Waals surface area contributed by atoms with Gasteiger partial charge in [0.2, 0.25) is 5.82 Å². The van der Waals surface area contributed by atoms with E-state index in [1.54, 1.807) is 0 Å². The molecule has 8 heteroatoms. The fraction of sp³-hybridized carbons (Fsp3) is 0.609. The Morgan fingerprint density at radius 3 is 2.26 bits per heavy atom. The van der Waals surface area contributed by atoms with E-state index in [9.17, 15) is 9.59 Å². The van der Waals surface area contributed by atoms with Crippen LogP contribution in [0, 0.1) is 17.8 Å². The number of benzene rings is 1. The number of rotatable bonds is 5. The van der Waals surface area contributed by atoms with Gasteiger partial charge in [0, 0.05) is 11.1 Å². The van der Waals surface area contributed by atoms with Gasteiger partial charge in [-0.2, -0.15) is 4.80 Å². The maximum atomic E-state index is 12.5. The smallest absolute Gasteiger partial charge is 0.321 e. The first kappa shape index (κ1) is 20.2. The Labute approximate surface area is 182 Å². The Morgan fingerprint density at radius 2 is 1.68 bits per heavy atom. The van der Waals surface area contributed by atoms with Gasteiger partial charge in [-0.15, -0.1) is 10.2 Å². The minimum Gasteiger partial charge on any atom is -0.332 e. The van der Waals surface area contributed by atoms with E-state index in [-0.39, 0.29) is 12.1 Å². The lowest BCUT2D eigenvalue weighted by molar-refractivity contribution is -0.121. The highest BCUT2D eigenvalue weighted by molar-refractivity contribution is 5.94. The molecule has 0 spiro atoms. The summed E-state index contributed by atoms with van der Waals surface area (Å²) in [6, 6.07) is 7.59. The van der Waals surface area contributed by atoms with Crippen LogP contribution in [0.5, 0.6) is 0 Å². The molecule has 4 bridgehead atoms. The number of urea groups is 1. The molecule has 0 atom stereocenters. The largest absolute Gasteiger partial charge is 0.332 e. The average molecular weight is 423 g/mol. The van der Waals surface area contributed by atoms with Crippen molar-refractivity contribution in [2.24, 2.45) is 17.8 Å². The Bertz CT molecular complexity index is 945. The molecule has 8 nitrogen and oxygen atoms in total. The van der Waals surface area contributed by atoms with Gasteiger partial charge in [0.1, 0.15) is 6.54 Å². The molecule has 164 valence electrons. The molecule has 2 N–H and O–H groups in total. The van der Waals surface area contributed by atoms with Gasteiger partial charge in [0.25, 0.3) is 5.91 Å². The Kier molecular flexibility index (Phi) is 5.02. The third-order valence-electron chi connectivity index (χ3n) is 7.24. The first-order chi connectivity index (χ1) is 14.9. The predicted octanol–water partition coefficient (Wildman–Crippen LogP) is 3.26. The van der Waals surface area contributed by atoms with Crippen LogP contribution < -0.4 is 10.6 Å². The molecule has 0 saturated heterocycles. The molecule has 4 aliphatic rings. The molecule has 4 aliphatic carbocycles. The summed E-state index contributed by atoms with van der Waals surface area (Å²) in [7, 11) is 0. The van der Waals surface area contributed by atoms with Crippen LogP contribution >= 0.6 is 0 Å². The quantitative estimate of drug-likeness (QED) is 0.770. The highest BCUT2D eigenvalue weighted by atomic mass is 16.2. The fourth-order valence-corrected chi connectivity index (χ4v) is 6.27. The minimum atomic E-state index is -0.443. The summed E-state index contributed by atoms with van der Waals surface area (Å²) in [6.45, 7) is 4.13.